The van der Waals surface area contributed by atoms with Crippen molar-refractivity contribution >= 4 is 22.6 Å². The number of aromatic nitrogens is 5. The van der Waals surface area contributed by atoms with Gasteiger partial charge in [0.05, 0.1) is 30.9 Å². The normalized spacial score (nSPS) is 13.5. The molecule has 0 saturated carbocycles. The van der Waals surface area contributed by atoms with E-state index in [1.165, 1.54) is 12.7 Å². The molecular formula is C25H25N7O2. The van der Waals surface area contributed by atoms with Crippen LogP contribution in [0.4, 0.5) is 5.82 Å². The van der Waals surface area contributed by atoms with Crippen LogP contribution >= 0.6 is 0 Å². The minimum Gasteiger partial charge on any atom is -0.480 e. The molecule has 9 heteroatoms. The Morgan fingerprint density at radius 3 is 2.65 bits per heavy atom. The van der Waals surface area contributed by atoms with Crippen LogP contribution in [0.5, 0.6) is 5.88 Å². The molecule has 1 aliphatic carbocycles. The molecule has 3 heterocycles. The lowest BCUT2D eigenvalue weighted by Gasteiger charge is -2.28. The summed E-state index contributed by atoms with van der Waals surface area (Å²) in [4.78, 5) is 28.9. The highest BCUT2D eigenvalue weighted by Crippen LogP contribution is 2.33. The molecule has 34 heavy (non-hydrogen) atoms. The SMILES string of the molecule is COc1ccc(CN(C(=O)c2ccc3nc(N)c4c(c3c2)CCC4)C(C)c2ncccn2)nn1. The number of rotatable bonds is 6. The van der Waals surface area contributed by atoms with Gasteiger partial charge in [0.15, 0.2) is 0 Å². The maximum Gasteiger partial charge on any atom is 0.254 e. The lowest BCUT2D eigenvalue weighted by molar-refractivity contribution is 0.0663. The van der Waals surface area contributed by atoms with Crippen molar-refractivity contribution in [3.05, 3.63) is 77.0 Å². The van der Waals surface area contributed by atoms with Crippen LogP contribution in [0.3, 0.4) is 0 Å². The van der Waals surface area contributed by atoms with E-state index in [1.54, 1.807) is 41.6 Å². The van der Waals surface area contributed by atoms with E-state index in [-0.39, 0.29) is 18.5 Å². The van der Waals surface area contributed by atoms with Gasteiger partial charge in [-0.05, 0) is 67.6 Å². The summed E-state index contributed by atoms with van der Waals surface area (Å²) in [6.45, 7) is 2.15. The smallest absolute Gasteiger partial charge is 0.254 e. The number of hydrogen-bond acceptors (Lipinski definition) is 8. The Kier molecular flexibility index (Phi) is 5.75. The number of nitrogens with zero attached hydrogens (tertiary/aromatic N) is 6. The topological polar surface area (TPSA) is 120 Å². The molecule has 0 aliphatic heterocycles. The lowest BCUT2D eigenvalue weighted by atomic mass is 10.0. The van der Waals surface area contributed by atoms with Gasteiger partial charge in [-0.1, -0.05) is 0 Å². The summed E-state index contributed by atoms with van der Waals surface area (Å²) in [7, 11) is 1.54. The number of amides is 1. The van der Waals surface area contributed by atoms with Crippen LogP contribution < -0.4 is 10.5 Å². The molecule has 0 spiro atoms. The van der Waals surface area contributed by atoms with Gasteiger partial charge in [0.1, 0.15) is 11.6 Å². The Hall–Kier alpha value is -4.14. The van der Waals surface area contributed by atoms with Crippen LogP contribution in [0.1, 0.15) is 52.4 Å². The summed E-state index contributed by atoms with van der Waals surface area (Å²) < 4.78 is 5.10. The van der Waals surface area contributed by atoms with Gasteiger partial charge in [-0.2, -0.15) is 5.10 Å². The van der Waals surface area contributed by atoms with Gasteiger partial charge in [0, 0.05) is 29.4 Å². The number of carbonyl (C=O) groups is 1. The second-order valence-corrected chi connectivity index (χ2v) is 8.32. The summed E-state index contributed by atoms with van der Waals surface area (Å²) in [6, 6.07) is 10.5. The number of benzene rings is 1. The van der Waals surface area contributed by atoms with Gasteiger partial charge in [0.25, 0.3) is 5.91 Å². The number of pyridine rings is 1. The Balaban J connectivity index is 1.54. The molecule has 1 unspecified atom stereocenters. The maximum atomic E-state index is 13.9. The number of ether oxygens (including phenoxy) is 1. The van der Waals surface area contributed by atoms with E-state index >= 15 is 0 Å². The molecule has 5 rings (SSSR count). The molecule has 172 valence electrons. The Labute approximate surface area is 197 Å². The fourth-order valence-electron chi connectivity index (χ4n) is 4.46. The molecule has 1 aromatic carbocycles. The van der Waals surface area contributed by atoms with Crippen molar-refractivity contribution in [2.24, 2.45) is 0 Å². The van der Waals surface area contributed by atoms with E-state index in [0.29, 0.717) is 28.8 Å². The van der Waals surface area contributed by atoms with Crippen molar-refractivity contribution in [3.8, 4) is 5.88 Å². The van der Waals surface area contributed by atoms with Crippen molar-refractivity contribution in [3.63, 3.8) is 0 Å². The molecule has 0 radical (unpaired) electrons. The summed E-state index contributed by atoms with van der Waals surface area (Å²) in [5.74, 6) is 1.40. The van der Waals surface area contributed by atoms with Crippen molar-refractivity contribution < 1.29 is 9.53 Å². The minimum absolute atomic E-state index is 0.150. The predicted molar refractivity (Wildman–Crippen MR) is 127 cm³/mol. The molecule has 4 aromatic rings. The molecule has 1 aliphatic rings. The van der Waals surface area contributed by atoms with Gasteiger partial charge in [-0.3, -0.25) is 4.79 Å². The summed E-state index contributed by atoms with van der Waals surface area (Å²) in [5.41, 5.74) is 10.5. The predicted octanol–water partition coefficient (Wildman–Crippen LogP) is 3.30. The Morgan fingerprint density at radius 1 is 1.12 bits per heavy atom. The maximum absolute atomic E-state index is 13.9. The molecule has 9 nitrogen and oxygen atoms in total. The molecule has 0 saturated heterocycles. The van der Waals surface area contributed by atoms with Gasteiger partial charge >= 0.3 is 0 Å². The number of fused-ring (bicyclic) bond motifs is 3. The van der Waals surface area contributed by atoms with Crippen LogP contribution in [0, 0.1) is 0 Å². The number of methoxy groups -OCH3 is 1. The van der Waals surface area contributed by atoms with Gasteiger partial charge < -0.3 is 15.4 Å². The number of nitrogens with two attached hydrogens (primary N) is 1. The van der Waals surface area contributed by atoms with Gasteiger partial charge in [-0.15, -0.1) is 5.10 Å². The standard InChI is InChI=1S/C25H25N7O2/c1-15(24-27-11-4-12-28-24)32(14-17-8-10-22(34-2)31-30-17)25(33)16-7-9-21-20(13-16)18-5-3-6-19(18)23(26)29-21/h4,7-13,15H,3,5-6,14H2,1-2H3,(H2,26,29). The van der Waals surface area contributed by atoms with Crippen LogP contribution in [0.25, 0.3) is 10.9 Å². The first-order valence-electron chi connectivity index (χ1n) is 11.2. The average Bonchev–Trinajstić information content (AvgIpc) is 3.38. The van der Waals surface area contributed by atoms with E-state index in [2.05, 4.69) is 25.1 Å². The quantitative estimate of drug-likeness (QED) is 0.470. The zero-order chi connectivity index (χ0) is 23.7. The van der Waals surface area contributed by atoms with E-state index in [0.717, 1.165) is 35.7 Å². The molecule has 2 N–H and O–H groups in total. The molecule has 0 fully saturated rings. The number of aryl methyl sites for hydroxylation is 1. The number of nitrogen functional groups attached to an aromatic ring is 1. The molecule has 1 amide bonds. The second kappa shape index (κ2) is 9.01. The largest absolute Gasteiger partial charge is 0.480 e. The molecular weight excluding hydrogens is 430 g/mol. The van der Waals surface area contributed by atoms with Crippen LogP contribution in [0.15, 0.2) is 48.8 Å². The van der Waals surface area contributed by atoms with Crippen LogP contribution in [-0.4, -0.2) is 43.1 Å². The third kappa shape index (κ3) is 4.00. The van der Waals surface area contributed by atoms with Gasteiger partial charge in [0.2, 0.25) is 5.88 Å². The second-order valence-electron chi connectivity index (χ2n) is 8.32. The van der Waals surface area contributed by atoms with E-state index in [9.17, 15) is 4.79 Å². The van der Waals surface area contributed by atoms with E-state index in [4.69, 9.17) is 10.5 Å². The Bertz CT molecular complexity index is 1340. The van der Waals surface area contributed by atoms with E-state index in [1.807, 2.05) is 19.1 Å². The number of anilines is 1. The van der Waals surface area contributed by atoms with E-state index < -0.39 is 0 Å². The molecule has 1 atom stereocenters. The fourth-order valence-corrected chi connectivity index (χ4v) is 4.46. The summed E-state index contributed by atoms with van der Waals surface area (Å²) >= 11 is 0. The third-order valence-electron chi connectivity index (χ3n) is 6.26. The van der Waals surface area contributed by atoms with Gasteiger partial charge in [-0.25, -0.2) is 15.0 Å². The number of carbonyl (C=O) groups excluding carboxylic acids is 1. The molecule has 0 bridgehead atoms. The highest BCUT2D eigenvalue weighted by atomic mass is 16.5. The summed E-state index contributed by atoms with van der Waals surface area (Å²) in [5, 5.41) is 9.24. The minimum atomic E-state index is -0.386. The zero-order valence-electron chi connectivity index (χ0n) is 19.1. The van der Waals surface area contributed by atoms with Crippen molar-refractivity contribution in [1.29, 1.82) is 0 Å². The lowest BCUT2D eigenvalue weighted by Crippen LogP contribution is -2.34. The summed E-state index contributed by atoms with van der Waals surface area (Å²) in [6.07, 6.45) is 6.25. The van der Waals surface area contributed by atoms with Crippen molar-refractivity contribution in [2.75, 3.05) is 12.8 Å². The highest BCUT2D eigenvalue weighted by molar-refractivity contribution is 5.99. The first-order valence-corrected chi connectivity index (χ1v) is 11.2. The average molecular weight is 456 g/mol. The Morgan fingerprint density at radius 2 is 1.91 bits per heavy atom. The highest BCUT2D eigenvalue weighted by Gasteiger charge is 2.27. The molecule has 3 aromatic heterocycles. The van der Waals surface area contributed by atoms with Crippen molar-refractivity contribution in [2.45, 2.75) is 38.8 Å². The van der Waals surface area contributed by atoms with Crippen LogP contribution in [-0.2, 0) is 19.4 Å². The monoisotopic (exact) mass is 455 g/mol. The first-order chi connectivity index (χ1) is 16.5. The fraction of sp³-hybridized carbons (Fsp3) is 0.280. The number of hydrogen-bond donors (Lipinski definition) is 1. The first kappa shape index (κ1) is 21.7. The van der Waals surface area contributed by atoms with Crippen LogP contribution in [0.2, 0.25) is 0 Å². The zero-order valence-corrected chi connectivity index (χ0v) is 19.1. The third-order valence-corrected chi connectivity index (χ3v) is 6.26. The van der Waals surface area contributed by atoms with Crippen molar-refractivity contribution in [1.82, 2.24) is 30.0 Å².